The van der Waals surface area contributed by atoms with Crippen LogP contribution < -0.4 is 10.1 Å². The first-order valence-electron chi connectivity index (χ1n) is 10.2. The molecule has 0 heterocycles. The van der Waals surface area contributed by atoms with Crippen LogP contribution in [0, 0.1) is 13.8 Å². The Morgan fingerprint density at radius 1 is 1.07 bits per heavy atom. The highest BCUT2D eigenvalue weighted by Crippen LogP contribution is 2.30. The van der Waals surface area contributed by atoms with Gasteiger partial charge in [-0.15, -0.1) is 0 Å². The fraction of sp³-hybridized carbons (Fsp3) is 0.458. The van der Waals surface area contributed by atoms with Crippen LogP contribution >= 0.6 is 0 Å². The summed E-state index contributed by atoms with van der Waals surface area (Å²) in [4.78, 5) is 10.4. The van der Waals surface area contributed by atoms with E-state index in [0.717, 1.165) is 54.7 Å². The van der Waals surface area contributed by atoms with Crippen molar-refractivity contribution < 1.29 is 19.4 Å². The lowest BCUT2D eigenvalue weighted by atomic mass is 10.0. The molecule has 0 saturated carbocycles. The number of aryl methyl sites for hydroxylation is 3. The maximum atomic E-state index is 10.4. The highest BCUT2D eigenvalue weighted by molar-refractivity contribution is 5.51. The Bertz CT molecular complexity index is 657. The molecule has 0 radical (unpaired) electrons. The third-order valence-corrected chi connectivity index (χ3v) is 3.90. The summed E-state index contributed by atoms with van der Waals surface area (Å²) in [5, 5.41) is 12.3. The van der Waals surface area contributed by atoms with Crippen LogP contribution in [0.25, 0.3) is 0 Å². The molecule has 29 heavy (non-hydrogen) atoms. The van der Waals surface area contributed by atoms with Gasteiger partial charge in [-0.05, 0) is 81.2 Å². The molecule has 0 unspecified atom stereocenters. The number of aromatic hydroxyl groups is 1. The van der Waals surface area contributed by atoms with Gasteiger partial charge in [-0.25, -0.2) is 0 Å². The number of ether oxygens (including phenoxy) is 2. The summed E-state index contributed by atoms with van der Waals surface area (Å²) in [5.41, 5.74) is 3.23. The van der Waals surface area contributed by atoms with Crippen LogP contribution in [-0.4, -0.2) is 38.7 Å². The zero-order valence-corrected chi connectivity index (χ0v) is 18.7. The average Bonchev–Trinajstić information content (AvgIpc) is 2.73. The van der Waals surface area contributed by atoms with Gasteiger partial charge in [-0.3, -0.25) is 0 Å². The van der Waals surface area contributed by atoms with Crippen molar-refractivity contribution in [3.63, 3.8) is 0 Å². The van der Waals surface area contributed by atoms with E-state index < -0.39 is 0 Å². The molecule has 2 rings (SSSR count). The number of nitrogens with one attached hydrogen (secondary N) is 1. The van der Waals surface area contributed by atoms with E-state index in [4.69, 9.17) is 9.47 Å². The second kappa shape index (κ2) is 16.6. The minimum Gasteiger partial charge on any atom is -0.508 e. The van der Waals surface area contributed by atoms with Crippen molar-refractivity contribution in [1.82, 2.24) is 5.32 Å². The first kappa shape index (κ1) is 26.6. The van der Waals surface area contributed by atoms with Gasteiger partial charge in [0.05, 0.1) is 0 Å². The lowest BCUT2D eigenvalue weighted by molar-refractivity contribution is -0.107. The van der Waals surface area contributed by atoms with Gasteiger partial charge in [0.15, 0.2) is 0 Å². The summed E-state index contributed by atoms with van der Waals surface area (Å²) in [6.45, 7) is 9.90. The molecule has 0 aromatic heterocycles. The molecule has 0 bridgehead atoms. The quantitative estimate of drug-likeness (QED) is 0.445. The van der Waals surface area contributed by atoms with Crippen molar-refractivity contribution in [2.24, 2.45) is 0 Å². The van der Waals surface area contributed by atoms with Gasteiger partial charge >= 0.3 is 0 Å². The minimum atomic E-state index is 0.218. The first-order valence-corrected chi connectivity index (χ1v) is 10.2. The molecule has 2 N–H and O–H groups in total. The van der Waals surface area contributed by atoms with E-state index in [1.807, 2.05) is 46.9 Å². The number of benzene rings is 2. The molecule has 5 nitrogen and oxygen atoms in total. The van der Waals surface area contributed by atoms with E-state index in [-0.39, 0.29) is 5.75 Å². The van der Waals surface area contributed by atoms with Crippen LogP contribution in [0.2, 0.25) is 0 Å². The highest BCUT2D eigenvalue weighted by atomic mass is 16.5. The van der Waals surface area contributed by atoms with Gasteiger partial charge in [0.1, 0.15) is 23.5 Å². The standard InChI is InChI=1S/C17H18O3.C5H13NO.C2H6/c1-12-10-14(4-3-9-18)11-13(2)17(12)20-16-7-5-15(19)6-8-16;1-6-4-3-5-7-2;1-2/h5-11,19H,3-4H2,1-2H3;6H,3-5H2,1-2H3;1-2H3. The number of carbonyl (C=O) groups is 1. The van der Waals surface area contributed by atoms with Crippen molar-refractivity contribution in [2.75, 3.05) is 27.3 Å². The van der Waals surface area contributed by atoms with Crippen LogP contribution in [0.4, 0.5) is 0 Å². The number of carbonyl (C=O) groups excluding carboxylic acids is 1. The maximum Gasteiger partial charge on any atom is 0.133 e. The number of phenols is 1. The number of hydrogen-bond donors (Lipinski definition) is 2. The van der Waals surface area contributed by atoms with E-state index in [0.29, 0.717) is 12.2 Å². The van der Waals surface area contributed by atoms with E-state index >= 15 is 0 Å². The van der Waals surface area contributed by atoms with Crippen LogP contribution in [-0.2, 0) is 16.0 Å². The lowest BCUT2D eigenvalue weighted by Crippen LogP contribution is -2.09. The summed E-state index contributed by atoms with van der Waals surface area (Å²) in [5.74, 6) is 1.73. The van der Waals surface area contributed by atoms with Gasteiger partial charge in [0, 0.05) is 20.1 Å². The monoisotopic (exact) mass is 403 g/mol. The molecule has 0 aliphatic carbocycles. The highest BCUT2D eigenvalue weighted by Gasteiger charge is 2.08. The Morgan fingerprint density at radius 2 is 1.66 bits per heavy atom. The number of phenolic OH excluding ortho intramolecular Hbond substituents is 1. The largest absolute Gasteiger partial charge is 0.508 e. The maximum absolute atomic E-state index is 10.4. The molecule has 2 aromatic rings. The zero-order chi connectivity index (χ0) is 22.1. The van der Waals surface area contributed by atoms with Gasteiger partial charge in [-0.1, -0.05) is 26.0 Å². The molecule has 162 valence electrons. The molecule has 0 amide bonds. The third kappa shape index (κ3) is 11.3. The van der Waals surface area contributed by atoms with Crippen LogP contribution in [0.5, 0.6) is 17.2 Å². The van der Waals surface area contributed by atoms with Gasteiger partial charge in [0.25, 0.3) is 0 Å². The summed E-state index contributed by atoms with van der Waals surface area (Å²) < 4.78 is 10.7. The molecule has 2 aromatic carbocycles. The van der Waals surface area contributed by atoms with Crippen LogP contribution in [0.3, 0.4) is 0 Å². The normalized spacial score (nSPS) is 9.59. The number of hydrogen-bond acceptors (Lipinski definition) is 5. The Hall–Kier alpha value is -2.37. The van der Waals surface area contributed by atoms with Crippen molar-refractivity contribution in [2.45, 2.75) is 47.0 Å². The Labute approximate surface area is 176 Å². The smallest absolute Gasteiger partial charge is 0.133 e. The van der Waals surface area contributed by atoms with Gasteiger partial charge < -0.3 is 24.7 Å². The van der Waals surface area contributed by atoms with E-state index in [1.54, 1.807) is 31.4 Å². The van der Waals surface area contributed by atoms with Crippen LogP contribution in [0.1, 0.15) is 43.4 Å². The molecule has 0 spiro atoms. The molecule has 0 aliphatic rings. The first-order chi connectivity index (χ1) is 14.0. The number of rotatable bonds is 9. The summed E-state index contributed by atoms with van der Waals surface area (Å²) in [7, 11) is 3.66. The topological polar surface area (TPSA) is 67.8 Å². The van der Waals surface area contributed by atoms with Gasteiger partial charge in [-0.2, -0.15) is 0 Å². The zero-order valence-electron chi connectivity index (χ0n) is 18.7. The predicted octanol–water partition coefficient (Wildman–Crippen LogP) is 5.20. The molecule has 5 heteroatoms. The Kier molecular flexibility index (Phi) is 15.2. The van der Waals surface area contributed by atoms with Crippen LogP contribution in [0.15, 0.2) is 36.4 Å². The van der Waals surface area contributed by atoms with Gasteiger partial charge in [0.2, 0.25) is 0 Å². The molecule has 0 fully saturated rings. The fourth-order valence-electron chi connectivity index (χ4n) is 2.60. The second-order valence-electron chi connectivity index (χ2n) is 6.31. The van der Waals surface area contributed by atoms with Crippen molar-refractivity contribution in [3.8, 4) is 17.2 Å². The molecule has 0 atom stereocenters. The number of aldehydes is 1. The third-order valence-electron chi connectivity index (χ3n) is 3.90. The van der Waals surface area contributed by atoms with E-state index in [2.05, 4.69) is 5.32 Å². The second-order valence-corrected chi connectivity index (χ2v) is 6.31. The molecule has 0 saturated heterocycles. The van der Waals surface area contributed by atoms with Crippen molar-refractivity contribution in [3.05, 3.63) is 53.1 Å². The molecular formula is C24H37NO4. The lowest BCUT2D eigenvalue weighted by Gasteiger charge is -2.13. The number of methoxy groups -OCH3 is 1. The van der Waals surface area contributed by atoms with E-state index in [1.165, 1.54) is 0 Å². The SMILES string of the molecule is CC.CNCCCOC.Cc1cc(CCC=O)cc(C)c1Oc1ccc(O)cc1. The van der Waals surface area contributed by atoms with E-state index in [9.17, 15) is 9.90 Å². The molecule has 0 aliphatic heterocycles. The van der Waals surface area contributed by atoms with Crippen molar-refractivity contribution >= 4 is 6.29 Å². The average molecular weight is 404 g/mol. The predicted molar refractivity (Wildman–Crippen MR) is 120 cm³/mol. The van der Waals surface area contributed by atoms with Crippen molar-refractivity contribution in [1.29, 1.82) is 0 Å². The molecular weight excluding hydrogens is 366 g/mol. The Morgan fingerprint density at radius 3 is 2.14 bits per heavy atom. The summed E-state index contributed by atoms with van der Waals surface area (Å²) in [6, 6.07) is 10.7. The summed E-state index contributed by atoms with van der Waals surface area (Å²) >= 11 is 0. The Balaban J connectivity index is 0.000000740. The minimum absolute atomic E-state index is 0.218. The fourth-order valence-corrected chi connectivity index (χ4v) is 2.60. The summed E-state index contributed by atoms with van der Waals surface area (Å²) in [6.07, 6.45) is 3.33.